The van der Waals surface area contributed by atoms with Crippen LogP contribution >= 0.6 is 0 Å². The highest BCUT2D eigenvalue weighted by molar-refractivity contribution is 5.90. The fourth-order valence-corrected chi connectivity index (χ4v) is 3.98. The maximum absolute atomic E-state index is 13.3. The van der Waals surface area contributed by atoms with Gasteiger partial charge in [0.05, 0.1) is 12.5 Å². The van der Waals surface area contributed by atoms with E-state index in [1.807, 2.05) is 91.0 Å². The Morgan fingerprint density at radius 2 is 1.29 bits per heavy atom. The van der Waals surface area contributed by atoms with Crippen molar-refractivity contribution < 1.29 is 14.2 Å². The average Bonchev–Trinajstić information content (AvgIpc) is 2.92. The lowest BCUT2D eigenvalue weighted by molar-refractivity contribution is 0.286. The van der Waals surface area contributed by atoms with Crippen molar-refractivity contribution >= 4 is 10.8 Å². The van der Waals surface area contributed by atoms with Crippen LogP contribution in [0, 0.1) is 0 Å². The van der Waals surface area contributed by atoms with E-state index in [-0.39, 0.29) is 5.56 Å². The van der Waals surface area contributed by atoms with Crippen LogP contribution in [-0.2, 0) is 13.2 Å². The second-order valence-electron chi connectivity index (χ2n) is 8.09. The molecule has 0 unspecified atom stereocenters. The van der Waals surface area contributed by atoms with Crippen molar-refractivity contribution in [2.75, 3.05) is 7.11 Å². The quantitative estimate of drug-likeness (QED) is 0.277. The summed E-state index contributed by atoms with van der Waals surface area (Å²) in [5, 5.41) is 1.27. The molecule has 0 atom stereocenters. The van der Waals surface area contributed by atoms with Gasteiger partial charge < -0.3 is 14.2 Å². The van der Waals surface area contributed by atoms with Crippen LogP contribution in [0.5, 0.6) is 17.2 Å². The van der Waals surface area contributed by atoms with Gasteiger partial charge in [0.1, 0.15) is 19.0 Å². The number of pyridine rings is 1. The third-order valence-corrected chi connectivity index (χ3v) is 5.80. The molecule has 174 valence electrons. The molecule has 0 saturated heterocycles. The van der Waals surface area contributed by atoms with Crippen LogP contribution < -0.4 is 19.8 Å². The Hall–Kier alpha value is -4.51. The monoisotopic (exact) mass is 463 g/mol. The fraction of sp³-hybridized carbons (Fsp3) is 0.100. The van der Waals surface area contributed by atoms with E-state index in [1.54, 1.807) is 30.0 Å². The van der Waals surface area contributed by atoms with Gasteiger partial charge in [0.15, 0.2) is 11.5 Å². The standard InChI is InChI=1S/C30H25NO4/c1-33-29-26-18-19-31(24-12-14-25(15-13-24)34-20-22-8-4-2-5-9-22)30(32)27(26)16-17-28(29)35-21-23-10-6-3-7-11-23/h2-19H,20-21H2,1H3. The van der Waals surface area contributed by atoms with Gasteiger partial charge in [0, 0.05) is 17.3 Å². The molecule has 0 fully saturated rings. The van der Waals surface area contributed by atoms with Gasteiger partial charge in [-0.15, -0.1) is 0 Å². The van der Waals surface area contributed by atoms with Gasteiger partial charge in [-0.3, -0.25) is 9.36 Å². The SMILES string of the molecule is COc1c(OCc2ccccc2)ccc2c(=O)n(-c3ccc(OCc4ccccc4)cc3)ccc12. The number of nitrogens with zero attached hydrogens (tertiary/aromatic N) is 1. The summed E-state index contributed by atoms with van der Waals surface area (Å²) in [6.07, 6.45) is 1.76. The average molecular weight is 464 g/mol. The minimum Gasteiger partial charge on any atom is -0.492 e. The van der Waals surface area contributed by atoms with Gasteiger partial charge in [0.2, 0.25) is 0 Å². The molecule has 0 aliphatic carbocycles. The van der Waals surface area contributed by atoms with Crippen LogP contribution in [-0.4, -0.2) is 11.7 Å². The number of rotatable bonds is 8. The number of hydrogen-bond donors (Lipinski definition) is 0. The lowest BCUT2D eigenvalue weighted by Crippen LogP contribution is -2.17. The van der Waals surface area contributed by atoms with Crippen molar-refractivity contribution in [3.05, 3.63) is 131 Å². The van der Waals surface area contributed by atoms with Crippen molar-refractivity contribution in [2.24, 2.45) is 0 Å². The lowest BCUT2D eigenvalue weighted by atomic mass is 10.1. The molecular formula is C30H25NO4. The van der Waals surface area contributed by atoms with E-state index in [9.17, 15) is 4.79 Å². The van der Waals surface area contributed by atoms with Crippen LogP contribution in [0.25, 0.3) is 16.5 Å². The lowest BCUT2D eigenvalue weighted by Gasteiger charge is -2.14. The Bertz CT molecular complexity index is 1480. The summed E-state index contributed by atoms with van der Waals surface area (Å²) in [5.41, 5.74) is 2.78. The smallest absolute Gasteiger partial charge is 0.263 e. The summed E-state index contributed by atoms with van der Waals surface area (Å²) in [6, 6.07) is 32.9. The largest absolute Gasteiger partial charge is 0.492 e. The van der Waals surface area contributed by atoms with Gasteiger partial charge in [-0.05, 0) is 53.6 Å². The summed E-state index contributed by atoms with van der Waals surface area (Å²) < 4.78 is 19.1. The molecule has 0 radical (unpaired) electrons. The highest BCUT2D eigenvalue weighted by Crippen LogP contribution is 2.35. The molecule has 0 amide bonds. The first-order chi connectivity index (χ1) is 17.2. The summed E-state index contributed by atoms with van der Waals surface area (Å²) in [7, 11) is 1.59. The molecule has 0 aliphatic heterocycles. The predicted octanol–water partition coefficient (Wildman–Crippen LogP) is 6.16. The molecule has 0 saturated carbocycles. The van der Waals surface area contributed by atoms with E-state index in [4.69, 9.17) is 14.2 Å². The van der Waals surface area contributed by atoms with Crippen LogP contribution in [0.3, 0.4) is 0 Å². The molecule has 35 heavy (non-hydrogen) atoms. The number of fused-ring (bicyclic) bond motifs is 1. The molecule has 0 bridgehead atoms. The Balaban J connectivity index is 1.38. The highest BCUT2D eigenvalue weighted by Gasteiger charge is 2.14. The maximum atomic E-state index is 13.3. The first-order valence-electron chi connectivity index (χ1n) is 11.4. The maximum Gasteiger partial charge on any atom is 0.263 e. The Labute approximate surface area is 203 Å². The summed E-state index contributed by atoms with van der Waals surface area (Å²) in [5.74, 6) is 1.89. The summed E-state index contributed by atoms with van der Waals surface area (Å²) in [4.78, 5) is 13.3. The Morgan fingerprint density at radius 3 is 1.91 bits per heavy atom. The van der Waals surface area contributed by atoms with Crippen molar-refractivity contribution in [1.82, 2.24) is 4.57 Å². The first-order valence-corrected chi connectivity index (χ1v) is 11.4. The van der Waals surface area contributed by atoms with Gasteiger partial charge in [-0.2, -0.15) is 0 Å². The summed E-state index contributed by atoms with van der Waals surface area (Å²) in [6.45, 7) is 0.906. The van der Waals surface area contributed by atoms with Gasteiger partial charge in [0.25, 0.3) is 5.56 Å². The molecular weight excluding hydrogens is 438 g/mol. The Morgan fingerprint density at radius 1 is 0.657 bits per heavy atom. The van der Waals surface area contributed by atoms with E-state index in [0.29, 0.717) is 35.5 Å². The van der Waals surface area contributed by atoms with E-state index in [2.05, 4.69) is 0 Å². The van der Waals surface area contributed by atoms with Crippen molar-refractivity contribution in [2.45, 2.75) is 13.2 Å². The molecule has 0 aliphatic rings. The Kier molecular flexibility index (Phi) is 6.48. The van der Waals surface area contributed by atoms with E-state index < -0.39 is 0 Å². The number of benzene rings is 4. The second kappa shape index (κ2) is 10.2. The van der Waals surface area contributed by atoms with E-state index >= 15 is 0 Å². The number of hydrogen-bond acceptors (Lipinski definition) is 4. The number of methoxy groups -OCH3 is 1. The molecule has 5 nitrogen and oxygen atoms in total. The van der Waals surface area contributed by atoms with Gasteiger partial charge >= 0.3 is 0 Å². The molecule has 4 aromatic carbocycles. The van der Waals surface area contributed by atoms with Crippen LogP contribution in [0.15, 0.2) is 114 Å². The van der Waals surface area contributed by atoms with Gasteiger partial charge in [-0.1, -0.05) is 60.7 Å². The summed E-state index contributed by atoms with van der Waals surface area (Å²) >= 11 is 0. The zero-order valence-electron chi connectivity index (χ0n) is 19.4. The van der Waals surface area contributed by atoms with Crippen LogP contribution in [0.2, 0.25) is 0 Å². The van der Waals surface area contributed by atoms with Crippen molar-refractivity contribution in [1.29, 1.82) is 0 Å². The third kappa shape index (κ3) is 4.89. The molecule has 5 aromatic rings. The van der Waals surface area contributed by atoms with E-state index in [0.717, 1.165) is 22.6 Å². The van der Waals surface area contributed by atoms with Crippen molar-refractivity contribution in [3.8, 4) is 22.9 Å². The molecule has 1 heterocycles. The number of ether oxygens (including phenoxy) is 3. The fourth-order valence-electron chi connectivity index (χ4n) is 3.98. The minimum atomic E-state index is -0.131. The molecule has 5 rings (SSSR count). The second-order valence-corrected chi connectivity index (χ2v) is 8.09. The van der Waals surface area contributed by atoms with Crippen molar-refractivity contribution in [3.63, 3.8) is 0 Å². The number of aromatic nitrogens is 1. The normalized spacial score (nSPS) is 10.8. The molecule has 1 aromatic heterocycles. The molecule has 0 N–H and O–H groups in total. The molecule has 0 spiro atoms. The third-order valence-electron chi connectivity index (χ3n) is 5.80. The zero-order chi connectivity index (χ0) is 24.0. The highest BCUT2D eigenvalue weighted by atomic mass is 16.5. The predicted molar refractivity (Wildman–Crippen MR) is 138 cm³/mol. The molecule has 5 heteroatoms. The van der Waals surface area contributed by atoms with Crippen LogP contribution in [0.1, 0.15) is 11.1 Å². The topological polar surface area (TPSA) is 49.7 Å². The zero-order valence-corrected chi connectivity index (χ0v) is 19.4. The first kappa shape index (κ1) is 22.3. The van der Waals surface area contributed by atoms with Gasteiger partial charge in [-0.25, -0.2) is 0 Å². The van der Waals surface area contributed by atoms with E-state index in [1.165, 1.54) is 0 Å². The van der Waals surface area contributed by atoms with Crippen LogP contribution in [0.4, 0.5) is 0 Å². The minimum absolute atomic E-state index is 0.131.